The van der Waals surface area contributed by atoms with E-state index in [0.29, 0.717) is 12.1 Å². The molecule has 1 N–H and O–H groups in total. The molecule has 2 heterocycles. The molecule has 0 aromatic heterocycles. The monoisotopic (exact) mass is 280 g/mol. The number of morpholine rings is 1. The molecule has 0 aliphatic carbocycles. The van der Waals surface area contributed by atoms with E-state index in [9.17, 15) is 0 Å². The smallest absolute Gasteiger partial charge is 0.0594 e. The van der Waals surface area contributed by atoms with Gasteiger partial charge in [0.15, 0.2) is 0 Å². The first-order chi connectivity index (χ1) is 9.27. The van der Waals surface area contributed by atoms with Gasteiger partial charge in [0.05, 0.1) is 13.2 Å². The van der Waals surface area contributed by atoms with Crippen LogP contribution in [0.2, 0.25) is 5.02 Å². The normalized spacial score (nSPS) is 28.7. The van der Waals surface area contributed by atoms with E-state index < -0.39 is 0 Å². The predicted octanol–water partition coefficient (Wildman–Crippen LogP) is 2.38. The fourth-order valence-electron chi connectivity index (χ4n) is 3.22. The van der Waals surface area contributed by atoms with Crippen molar-refractivity contribution in [1.29, 1.82) is 0 Å². The summed E-state index contributed by atoms with van der Waals surface area (Å²) < 4.78 is 5.45. The molecular weight excluding hydrogens is 260 g/mol. The standard InChI is InChI=1S/C15H21ClN2O/c1-11-3-2-4-12(14(11)16)15-13(5-6-17-15)18-7-9-19-10-8-18/h2-4,13,15,17H,5-10H2,1H3/t13-,15-/m0/s1. The van der Waals surface area contributed by atoms with E-state index in [-0.39, 0.29) is 0 Å². The molecule has 2 fully saturated rings. The molecule has 0 saturated carbocycles. The third-order valence-corrected chi connectivity index (χ3v) is 4.78. The summed E-state index contributed by atoms with van der Waals surface area (Å²) in [7, 11) is 0. The number of rotatable bonds is 2. The highest BCUT2D eigenvalue weighted by Gasteiger charge is 2.34. The van der Waals surface area contributed by atoms with Crippen LogP contribution in [0.3, 0.4) is 0 Å². The molecule has 0 unspecified atom stereocenters. The zero-order valence-corrected chi connectivity index (χ0v) is 12.1. The quantitative estimate of drug-likeness (QED) is 0.900. The molecule has 2 aliphatic heterocycles. The zero-order valence-electron chi connectivity index (χ0n) is 11.4. The highest BCUT2D eigenvalue weighted by molar-refractivity contribution is 6.32. The topological polar surface area (TPSA) is 24.5 Å². The van der Waals surface area contributed by atoms with Crippen molar-refractivity contribution in [2.75, 3.05) is 32.8 Å². The van der Waals surface area contributed by atoms with Crippen molar-refractivity contribution in [3.8, 4) is 0 Å². The lowest BCUT2D eigenvalue weighted by Gasteiger charge is -2.35. The number of nitrogens with zero attached hydrogens (tertiary/aromatic N) is 1. The Morgan fingerprint density at radius 1 is 1.32 bits per heavy atom. The third-order valence-electron chi connectivity index (χ3n) is 4.26. The molecule has 4 heteroatoms. The number of hydrogen-bond donors (Lipinski definition) is 1. The van der Waals surface area contributed by atoms with Gasteiger partial charge < -0.3 is 10.1 Å². The van der Waals surface area contributed by atoms with E-state index in [1.54, 1.807) is 0 Å². The van der Waals surface area contributed by atoms with Gasteiger partial charge in [-0.2, -0.15) is 0 Å². The second-order valence-corrected chi connectivity index (χ2v) is 5.79. The lowest BCUT2D eigenvalue weighted by molar-refractivity contribution is 0.0139. The SMILES string of the molecule is Cc1cccc([C@@H]2NCC[C@@H]2N2CCOCC2)c1Cl. The van der Waals surface area contributed by atoms with E-state index in [1.807, 2.05) is 0 Å². The van der Waals surface area contributed by atoms with Crippen LogP contribution >= 0.6 is 11.6 Å². The first-order valence-corrected chi connectivity index (χ1v) is 7.45. The Bertz CT molecular complexity index is 446. The van der Waals surface area contributed by atoms with Gasteiger partial charge in [0.2, 0.25) is 0 Å². The van der Waals surface area contributed by atoms with Crippen LogP contribution in [0.1, 0.15) is 23.6 Å². The zero-order chi connectivity index (χ0) is 13.2. The Kier molecular flexibility index (Phi) is 4.08. The second kappa shape index (κ2) is 5.80. The van der Waals surface area contributed by atoms with Crippen molar-refractivity contribution >= 4 is 11.6 Å². The minimum atomic E-state index is 0.352. The lowest BCUT2D eigenvalue weighted by Crippen LogP contribution is -2.45. The van der Waals surface area contributed by atoms with Crippen LogP contribution in [-0.2, 0) is 4.74 Å². The maximum absolute atomic E-state index is 6.49. The molecule has 2 atom stereocenters. The lowest BCUT2D eigenvalue weighted by atomic mass is 9.97. The van der Waals surface area contributed by atoms with Gasteiger partial charge in [-0.1, -0.05) is 29.8 Å². The first kappa shape index (κ1) is 13.4. The maximum Gasteiger partial charge on any atom is 0.0594 e. The van der Waals surface area contributed by atoms with Gasteiger partial charge in [-0.15, -0.1) is 0 Å². The Morgan fingerprint density at radius 2 is 2.11 bits per heavy atom. The van der Waals surface area contributed by atoms with E-state index >= 15 is 0 Å². The molecule has 3 nitrogen and oxygen atoms in total. The van der Waals surface area contributed by atoms with Gasteiger partial charge in [-0.05, 0) is 31.0 Å². The van der Waals surface area contributed by atoms with Crippen molar-refractivity contribution in [1.82, 2.24) is 10.2 Å². The molecule has 1 aromatic rings. The molecule has 2 saturated heterocycles. The molecule has 1 aromatic carbocycles. The number of ether oxygens (including phenoxy) is 1. The van der Waals surface area contributed by atoms with Gasteiger partial charge in [-0.25, -0.2) is 0 Å². The number of aryl methyl sites for hydroxylation is 1. The van der Waals surface area contributed by atoms with Crippen LogP contribution in [-0.4, -0.2) is 43.8 Å². The minimum absolute atomic E-state index is 0.352. The summed E-state index contributed by atoms with van der Waals surface area (Å²) in [6, 6.07) is 7.23. The van der Waals surface area contributed by atoms with Gasteiger partial charge in [0.25, 0.3) is 0 Å². The molecule has 2 aliphatic rings. The minimum Gasteiger partial charge on any atom is -0.379 e. The van der Waals surface area contributed by atoms with Crippen molar-refractivity contribution in [3.63, 3.8) is 0 Å². The molecule has 0 bridgehead atoms. The average Bonchev–Trinajstić information content (AvgIpc) is 2.92. The number of nitrogens with one attached hydrogen (secondary N) is 1. The van der Waals surface area contributed by atoms with Gasteiger partial charge in [-0.3, -0.25) is 4.90 Å². The van der Waals surface area contributed by atoms with Crippen LogP contribution in [0.25, 0.3) is 0 Å². The molecule has 0 spiro atoms. The van der Waals surface area contributed by atoms with Crippen LogP contribution in [0.5, 0.6) is 0 Å². The van der Waals surface area contributed by atoms with Crippen molar-refractivity contribution in [3.05, 3.63) is 34.3 Å². The van der Waals surface area contributed by atoms with Crippen LogP contribution in [0.4, 0.5) is 0 Å². The Balaban J connectivity index is 1.84. The van der Waals surface area contributed by atoms with Crippen LogP contribution in [0, 0.1) is 6.92 Å². The van der Waals surface area contributed by atoms with E-state index in [4.69, 9.17) is 16.3 Å². The Morgan fingerprint density at radius 3 is 2.89 bits per heavy atom. The Hall–Kier alpha value is -0.610. The molecule has 0 amide bonds. The summed E-state index contributed by atoms with van der Waals surface area (Å²) in [5, 5.41) is 4.54. The van der Waals surface area contributed by atoms with Crippen molar-refractivity contribution in [2.24, 2.45) is 0 Å². The van der Waals surface area contributed by atoms with E-state index in [0.717, 1.165) is 43.4 Å². The first-order valence-electron chi connectivity index (χ1n) is 7.07. The average molecular weight is 281 g/mol. The number of hydrogen-bond acceptors (Lipinski definition) is 3. The molecule has 3 rings (SSSR count). The maximum atomic E-state index is 6.49. The fraction of sp³-hybridized carbons (Fsp3) is 0.600. The summed E-state index contributed by atoms with van der Waals surface area (Å²) in [4.78, 5) is 2.55. The highest BCUT2D eigenvalue weighted by Crippen LogP contribution is 2.34. The number of benzene rings is 1. The summed E-state index contributed by atoms with van der Waals surface area (Å²) in [6.45, 7) is 6.91. The van der Waals surface area contributed by atoms with Crippen molar-refractivity contribution < 1.29 is 4.74 Å². The largest absolute Gasteiger partial charge is 0.379 e. The van der Waals surface area contributed by atoms with Crippen molar-refractivity contribution in [2.45, 2.75) is 25.4 Å². The predicted molar refractivity (Wildman–Crippen MR) is 77.7 cm³/mol. The summed E-state index contributed by atoms with van der Waals surface area (Å²) >= 11 is 6.49. The number of halogens is 1. The molecule has 0 radical (unpaired) electrons. The van der Waals surface area contributed by atoms with E-state index in [2.05, 4.69) is 35.3 Å². The molecule has 104 valence electrons. The van der Waals surface area contributed by atoms with E-state index in [1.165, 1.54) is 12.0 Å². The van der Waals surface area contributed by atoms with Gasteiger partial charge >= 0.3 is 0 Å². The Labute approximate surface area is 119 Å². The van der Waals surface area contributed by atoms with Gasteiger partial charge in [0.1, 0.15) is 0 Å². The molecule has 19 heavy (non-hydrogen) atoms. The highest BCUT2D eigenvalue weighted by atomic mass is 35.5. The summed E-state index contributed by atoms with van der Waals surface area (Å²) in [6.07, 6.45) is 1.19. The summed E-state index contributed by atoms with van der Waals surface area (Å²) in [5.41, 5.74) is 2.41. The molecular formula is C15H21ClN2O. The second-order valence-electron chi connectivity index (χ2n) is 5.41. The third kappa shape index (κ3) is 2.65. The van der Waals surface area contributed by atoms with Crippen LogP contribution < -0.4 is 5.32 Å². The van der Waals surface area contributed by atoms with Crippen LogP contribution in [0.15, 0.2) is 18.2 Å². The summed E-state index contributed by atoms with van der Waals surface area (Å²) in [5.74, 6) is 0. The van der Waals surface area contributed by atoms with Gasteiger partial charge in [0, 0.05) is 30.2 Å². The fourth-order valence-corrected chi connectivity index (χ4v) is 3.46.